The monoisotopic (exact) mass is 370 g/mol. The Balaban J connectivity index is 1.88. The molecule has 2 aromatic heterocycles. The first-order valence-electron chi connectivity index (χ1n) is 6.09. The van der Waals surface area contributed by atoms with Gasteiger partial charge in [0.1, 0.15) is 6.54 Å². The minimum absolute atomic E-state index is 0.0341. The topological polar surface area (TPSA) is 88.3 Å². The van der Waals surface area contributed by atoms with E-state index in [-0.39, 0.29) is 18.3 Å². The highest BCUT2D eigenvalue weighted by molar-refractivity contribution is 9.11. The third-order valence-electron chi connectivity index (χ3n) is 3.20. The molecule has 0 saturated carbocycles. The summed E-state index contributed by atoms with van der Waals surface area (Å²) in [6.07, 6.45) is 0. The van der Waals surface area contributed by atoms with Crippen LogP contribution in [0.1, 0.15) is 23.5 Å². The minimum atomic E-state index is -1.07. The summed E-state index contributed by atoms with van der Waals surface area (Å²) in [7, 11) is 0. The number of halogens is 1. The number of carbonyl (C=O) groups is 2. The Hall–Kier alpha value is -1.74. The number of carbonyl (C=O) groups excluding carboxylic acids is 2. The maximum Gasteiger partial charge on any atom is 0.325 e. The number of hydrogen-bond donors (Lipinski definition) is 1. The Morgan fingerprint density at radius 3 is 2.81 bits per heavy atom. The first kappa shape index (κ1) is 14.2. The zero-order chi connectivity index (χ0) is 15.2. The zero-order valence-electron chi connectivity index (χ0n) is 11.2. The molecule has 1 saturated heterocycles. The molecule has 3 rings (SSSR count). The van der Waals surface area contributed by atoms with Gasteiger partial charge < -0.3 is 9.84 Å². The summed E-state index contributed by atoms with van der Waals surface area (Å²) >= 11 is 4.76. The number of thiophene rings is 1. The lowest BCUT2D eigenvalue weighted by atomic mass is 10.0. The van der Waals surface area contributed by atoms with Crippen LogP contribution in [0.4, 0.5) is 4.79 Å². The zero-order valence-corrected chi connectivity index (χ0v) is 13.6. The predicted molar refractivity (Wildman–Crippen MR) is 77.5 cm³/mol. The van der Waals surface area contributed by atoms with Gasteiger partial charge in [0.25, 0.3) is 5.91 Å². The van der Waals surface area contributed by atoms with Crippen LogP contribution in [0.3, 0.4) is 0 Å². The van der Waals surface area contributed by atoms with E-state index in [1.165, 1.54) is 11.3 Å². The third-order valence-corrected chi connectivity index (χ3v) is 5.05. The van der Waals surface area contributed by atoms with Gasteiger partial charge in [-0.25, -0.2) is 4.79 Å². The summed E-state index contributed by atoms with van der Waals surface area (Å²) in [5, 5.41) is 6.37. The van der Waals surface area contributed by atoms with Crippen LogP contribution in [-0.4, -0.2) is 27.0 Å². The van der Waals surface area contributed by atoms with Crippen molar-refractivity contribution in [3.05, 3.63) is 32.5 Å². The van der Waals surface area contributed by atoms with E-state index in [1.54, 1.807) is 13.8 Å². The van der Waals surface area contributed by atoms with Gasteiger partial charge in [0, 0.05) is 4.88 Å². The van der Waals surface area contributed by atoms with Gasteiger partial charge >= 0.3 is 6.03 Å². The molecule has 1 N–H and O–H groups in total. The van der Waals surface area contributed by atoms with Gasteiger partial charge in [-0.3, -0.25) is 9.69 Å². The number of hydrogen-bond acceptors (Lipinski definition) is 6. The van der Waals surface area contributed by atoms with E-state index in [0.717, 1.165) is 13.6 Å². The maximum absolute atomic E-state index is 12.6. The van der Waals surface area contributed by atoms with Gasteiger partial charge in [-0.15, -0.1) is 11.3 Å². The summed E-state index contributed by atoms with van der Waals surface area (Å²) < 4.78 is 5.86. The van der Waals surface area contributed by atoms with Crippen LogP contribution in [0.15, 0.2) is 20.4 Å². The minimum Gasteiger partial charge on any atom is -0.337 e. The molecule has 0 bridgehead atoms. The van der Waals surface area contributed by atoms with Crippen molar-refractivity contribution in [2.45, 2.75) is 25.9 Å². The van der Waals surface area contributed by atoms with Gasteiger partial charge in [-0.2, -0.15) is 4.98 Å². The SMILES string of the molecule is Cc1noc(CN2C(=O)NC(C)(c3ccc(Br)s3)C2=O)n1. The number of aromatic nitrogens is 2. The molecule has 0 radical (unpaired) electrons. The van der Waals surface area contributed by atoms with Crippen molar-refractivity contribution in [3.8, 4) is 0 Å². The van der Waals surface area contributed by atoms with Crippen molar-refractivity contribution in [2.24, 2.45) is 0 Å². The van der Waals surface area contributed by atoms with E-state index < -0.39 is 11.6 Å². The van der Waals surface area contributed by atoms with Crippen LogP contribution in [0.5, 0.6) is 0 Å². The Bertz CT molecular complexity index is 728. The van der Waals surface area contributed by atoms with Crippen LogP contribution in [0.2, 0.25) is 0 Å². The summed E-state index contributed by atoms with van der Waals surface area (Å²) in [5.74, 6) is 0.354. The van der Waals surface area contributed by atoms with Crippen molar-refractivity contribution in [3.63, 3.8) is 0 Å². The fourth-order valence-electron chi connectivity index (χ4n) is 2.13. The normalized spacial score (nSPS) is 22.0. The highest BCUT2D eigenvalue weighted by atomic mass is 79.9. The number of amides is 3. The third kappa shape index (κ3) is 2.36. The van der Waals surface area contributed by atoms with Gasteiger partial charge in [-0.05, 0) is 41.9 Å². The molecule has 1 unspecified atom stereocenters. The quantitative estimate of drug-likeness (QED) is 0.836. The van der Waals surface area contributed by atoms with Crippen molar-refractivity contribution in [1.82, 2.24) is 20.4 Å². The molecule has 1 aliphatic heterocycles. The van der Waals surface area contributed by atoms with Gasteiger partial charge in [0.05, 0.1) is 3.79 Å². The van der Waals surface area contributed by atoms with Crippen LogP contribution >= 0.6 is 27.3 Å². The molecule has 0 aliphatic carbocycles. The average Bonchev–Trinajstić information content (AvgIpc) is 3.08. The molecule has 1 atom stereocenters. The molecule has 0 aromatic carbocycles. The fraction of sp³-hybridized carbons (Fsp3) is 0.333. The number of imide groups is 1. The lowest BCUT2D eigenvalue weighted by Gasteiger charge is -2.19. The van der Waals surface area contributed by atoms with E-state index in [9.17, 15) is 9.59 Å². The van der Waals surface area contributed by atoms with Gasteiger partial charge in [0.15, 0.2) is 11.4 Å². The molecule has 2 aromatic rings. The summed E-state index contributed by atoms with van der Waals surface area (Å²) in [6, 6.07) is 3.19. The molecular formula is C12H11BrN4O3S. The van der Waals surface area contributed by atoms with Crippen molar-refractivity contribution < 1.29 is 14.1 Å². The summed E-state index contributed by atoms with van der Waals surface area (Å²) in [6.45, 7) is 3.32. The number of nitrogens with one attached hydrogen (secondary N) is 1. The average molecular weight is 371 g/mol. The van der Waals surface area contributed by atoms with Gasteiger partial charge in [0.2, 0.25) is 5.89 Å². The van der Waals surface area contributed by atoms with Crippen molar-refractivity contribution in [2.75, 3.05) is 0 Å². The fourth-order valence-corrected chi connectivity index (χ4v) is 3.61. The second-order valence-corrected chi connectivity index (χ2v) is 7.25. The lowest BCUT2D eigenvalue weighted by molar-refractivity contribution is -0.131. The van der Waals surface area contributed by atoms with Gasteiger partial charge in [-0.1, -0.05) is 5.16 Å². The molecule has 1 aliphatic rings. The second kappa shape index (κ2) is 4.92. The molecule has 3 amide bonds. The molecule has 9 heteroatoms. The molecule has 110 valence electrons. The lowest BCUT2D eigenvalue weighted by Crippen LogP contribution is -2.40. The summed E-state index contributed by atoms with van der Waals surface area (Å²) in [5.41, 5.74) is -1.07. The predicted octanol–water partition coefficient (Wildman–Crippen LogP) is 2.17. The van der Waals surface area contributed by atoms with Crippen LogP contribution in [-0.2, 0) is 16.9 Å². The van der Waals surface area contributed by atoms with E-state index >= 15 is 0 Å². The molecule has 0 spiro atoms. The van der Waals surface area contributed by atoms with Crippen LogP contribution < -0.4 is 5.32 Å². The number of rotatable bonds is 3. The Labute approximate surface area is 132 Å². The molecular weight excluding hydrogens is 360 g/mol. The first-order chi connectivity index (χ1) is 9.90. The van der Waals surface area contributed by atoms with E-state index in [1.807, 2.05) is 12.1 Å². The Morgan fingerprint density at radius 1 is 1.48 bits per heavy atom. The Kier molecular flexibility index (Phi) is 3.33. The number of nitrogens with zero attached hydrogens (tertiary/aromatic N) is 3. The molecule has 1 fully saturated rings. The Morgan fingerprint density at radius 2 is 2.24 bits per heavy atom. The maximum atomic E-state index is 12.6. The largest absolute Gasteiger partial charge is 0.337 e. The van der Waals surface area contributed by atoms with Crippen molar-refractivity contribution >= 4 is 39.2 Å². The number of aryl methyl sites for hydroxylation is 1. The van der Waals surface area contributed by atoms with Crippen LogP contribution in [0, 0.1) is 6.92 Å². The highest BCUT2D eigenvalue weighted by Gasteiger charge is 2.50. The number of urea groups is 1. The van der Waals surface area contributed by atoms with E-state index in [0.29, 0.717) is 5.82 Å². The second-order valence-electron chi connectivity index (χ2n) is 4.79. The molecule has 7 nitrogen and oxygen atoms in total. The van der Waals surface area contributed by atoms with E-state index in [4.69, 9.17) is 4.52 Å². The molecule has 3 heterocycles. The smallest absolute Gasteiger partial charge is 0.325 e. The molecule has 21 heavy (non-hydrogen) atoms. The highest BCUT2D eigenvalue weighted by Crippen LogP contribution is 2.35. The summed E-state index contributed by atoms with van der Waals surface area (Å²) in [4.78, 5) is 30.5. The van der Waals surface area contributed by atoms with Crippen LogP contribution in [0.25, 0.3) is 0 Å². The van der Waals surface area contributed by atoms with E-state index in [2.05, 4.69) is 31.4 Å². The van der Waals surface area contributed by atoms with Crippen molar-refractivity contribution in [1.29, 1.82) is 0 Å². The standard InChI is InChI=1S/C12H11BrN4O3S/c1-6-14-9(20-16-6)5-17-10(18)12(2,15-11(17)19)7-3-4-8(13)21-7/h3-4H,5H2,1-2H3,(H,15,19). The first-order valence-corrected chi connectivity index (χ1v) is 7.70.